The van der Waals surface area contributed by atoms with Crippen molar-refractivity contribution in [3.63, 3.8) is 0 Å². The lowest BCUT2D eigenvalue weighted by molar-refractivity contribution is -0.128. The Morgan fingerprint density at radius 2 is 2.12 bits per heavy atom. The molecule has 0 atom stereocenters. The smallest absolute Gasteiger partial charge is 0.227 e. The monoisotopic (exact) mass is 220 g/mol. The summed E-state index contributed by atoms with van der Waals surface area (Å²) in [5, 5.41) is 0. The molecule has 0 spiro atoms. The van der Waals surface area contributed by atoms with E-state index in [2.05, 4.69) is 30.2 Å². The quantitative estimate of drug-likeness (QED) is 0.766. The summed E-state index contributed by atoms with van der Waals surface area (Å²) >= 11 is 0. The van der Waals surface area contributed by atoms with Crippen LogP contribution in [0.15, 0.2) is 23.8 Å². The summed E-state index contributed by atoms with van der Waals surface area (Å²) in [7, 11) is 2.10. The van der Waals surface area contributed by atoms with Crippen LogP contribution in [-0.2, 0) is 4.79 Å². The first-order valence-electron chi connectivity index (χ1n) is 6.00. The maximum atomic E-state index is 11.8. The Bertz CT molecular complexity index is 336. The second kappa shape index (κ2) is 4.42. The summed E-state index contributed by atoms with van der Waals surface area (Å²) in [5.74, 6) is -0.137. The lowest BCUT2D eigenvalue weighted by atomic mass is 9.69. The zero-order valence-corrected chi connectivity index (χ0v) is 9.91. The van der Waals surface area contributed by atoms with Gasteiger partial charge in [0.25, 0.3) is 0 Å². The molecule has 1 heterocycles. The summed E-state index contributed by atoms with van der Waals surface area (Å²) in [4.78, 5) is 14.1. The largest absolute Gasteiger partial charge is 0.369 e. The van der Waals surface area contributed by atoms with Crippen LogP contribution in [0.5, 0.6) is 0 Å². The van der Waals surface area contributed by atoms with Crippen LogP contribution in [-0.4, -0.2) is 30.9 Å². The number of nitrogens with zero attached hydrogens (tertiary/aromatic N) is 1. The molecule has 16 heavy (non-hydrogen) atoms. The number of piperidine rings is 1. The van der Waals surface area contributed by atoms with Crippen LogP contribution in [0.1, 0.15) is 25.7 Å². The maximum Gasteiger partial charge on any atom is 0.227 e. The molecule has 2 rings (SSSR count). The number of carbonyl (C=O) groups excluding carboxylic acids is 1. The number of hydrogen-bond acceptors (Lipinski definition) is 2. The fourth-order valence-electron chi connectivity index (χ4n) is 2.73. The van der Waals surface area contributed by atoms with E-state index in [1.807, 2.05) is 0 Å². The van der Waals surface area contributed by atoms with Crippen molar-refractivity contribution in [2.24, 2.45) is 11.1 Å². The predicted octanol–water partition coefficient (Wildman–Crippen LogP) is 1.46. The topological polar surface area (TPSA) is 46.3 Å². The summed E-state index contributed by atoms with van der Waals surface area (Å²) < 4.78 is 0. The first-order valence-corrected chi connectivity index (χ1v) is 6.00. The van der Waals surface area contributed by atoms with Gasteiger partial charge in [-0.05, 0) is 45.8 Å². The lowest BCUT2D eigenvalue weighted by Gasteiger charge is -2.40. The number of carbonyl (C=O) groups is 1. The van der Waals surface area contributed by atoms with Gasteiger partial charge in [-0.2, -0.15) is 0 Å². The van der Waals surface area contributed by atoms with Crippen LogP contribution in [0.25, 0.3) is 0 Å². The normalized spacial score (nSPS) is 25.2. The highest BCUT2D eigenvalue weighted by atomic mass is 16.1. The molecule has 3 nitrogen and oxygen atoms in total. The van der Waals surface area contributed by atoms with Crippen LogP contribution in [0.3, 0.4) is 0 Å². The van der Waals surface area contributed by atoms with E-state index in [4.69, 9.17) is 5.73 Å². The maximum absolute atomic E-state index is 11.8. The van der Waals surface area contributed by atoms with E-state index < -0.39 is 0 Å². The van der Waals surface area contributed by atoms with Crippen molar-refractivity contribution in [2.75, 3.05) is 20.1 Å². The second-order valence-electron chi connectivity index (χ2n) is 4.91. The first-order chi connectivity index (χ1) is 7.65. The second-order valence-corrected chi connectivity index (χ2v) is 4.91. The van der Waals surface area contributed by atoms with Gasteiger partial charge in [-0.3, -0.25) is 4.79 Å². The van der Waals surface area contributed by atoms with E-state index in [1.54, 1.807) is 0 Å². The number of likely N-dealkylation sites (tertiary alicyclic amines) is 1. The van der Waals surface area contributed by atoms with Gasteiger partial charge in [0.1, 0.15) is 0 Å². The highest BCUT2D eigenvalue weighted by Crippen LogP contribution is 2.41. The Balaban J connectivity index is 2.25. The van der Waals surface area contributed by atoms with Crippen molar-refractivity contribution >= 4 is 5.91 Å². The van der Waals surface area contributed by atoms with Crippen molar-refractivity contribution in [3.8, 4) is 0 Å². The molecular weight excluding hydrogens is 200 g/mol. The summed E-state index contributed by atoms with van der Waals surface area (Å²) in [6, 6.07) is 0. The van der Waals surface area contributed by atoms with E-state index in [0.717, 1.165) is 38.8 Å². The standard InChI is InChI=1S/C13H20N2O/c1-15-9-7-13(8-10-15,12(14)16)11-5-3-2-4-6-11/h2-3,5H,4,6-10H2,1H3,(H2,14,16). The molecule has 0 radical (unpaired) electrons. The molecule has 0 aromatic carbocycles. The molecule has 0 bridgehead atoms. The van der Waals surface area contributed by atoms with Crippen LogP contribution in [0.2, 0.25) is 0 Å². The van der Waals surface area contributed by atoms with Crippen LogP contribution >= 0.6 is 0 Å². The molecule has 1 aliphatic heterocycles. The molecule has 2 aliphatic rings. The van der Waals surface area contributed by atoms with Gasteiger partial charge in [-0.1, -0.05) is 23.8 Å². The van der Waals surface area contributed by atoms with E-state index in [1.165, 1.54) is 5.57 Å². The third-order valence-corrected chi connectivity index (χ3v) is 3.94. The Morgan fingerprint density at radius 1 is 1.44 bits per heavy atom. The Hall–Kier alpha value is -1.09. The molecule has 88 valence electrons. The summed E-state index contributed by atoms with van der Waals surface area (Å²) in [5.41, 5.74) is 6.54. The Morgan fingerprint density at radius 3 is 2.62 bits per heavy atom. The average molecular weight is 220 g/mol. The number of allylic oxidation sites excluding steroid dienone is 3. The first kappa shape index (κ1) is 11.4. The zero-order chi connectivity index (χ0) is 11.6. The van der Waals surface area contributed by atoms with Gasteiger partial charge in [-0.15, -0.1) is 0 Å². The number of amides is 1. The minimum atomic E-state index is -0.364. The molecule has 1 amide bonds. The van der Waals surface area contributed by atoms with Crippen LogP contribution in [0, 0.1) is 5.41 Å². The van der Waals surface area contributed by atoms with Crippen molar-refractivity contribution in [2.45, 2.75) is 25.7 Å². The van der Waals surface area contributed by atoms with Crippen molar-refractivity contribution in [3.05, 3.63) is 23.8 Å². The zero-order valence-electron chi connectivity index (χ0n) is 9.91. The van der Waals surface area contributed by atoms with Crippen LogP contribution < -0.4 is 5.73 Å². The fourth-order valence-corrected chi connectivity index (χ4v) is 2.73. The van der Waals surface area contributed by atoms with Gasteiger partial charge in [-0.25, -0.2) is 0 Å². The number of rotatable bonds is 2. The van der Waals surface area contributed by atoms with Crippen molar-refractivity contribution in [1.29, 1.82) is 0 Å². The molecule has 0 aromatic heterocycles. The third kappa shape index (κ3) is 1.92. The van der Waals surface area contributed by atoms with Crippen LogP contribution in [0.4, 0.5) is 0 Å². The molecule has 1 saturated heterocycles. The van der Waals surface area contributed by atoms with Crippen molar-refractivity contribution < 1.29 is 4.79 Å². The Labute approximate surface area is 97.0 Å². The van der Waals surface area contributed by atoms with E-state index in [0.29, 0.717) is 0 Å². The molecule has 0 saturated carbocycles. The van der Waals surface area contributed by atoms with Gasteiger partial charge < -0.3 is 10.6 Å². The molecule has 0 unspecified atom stereocenters. The fraction of sp³-hybridized carbons (Fsp3) is 0.615. The molecule has 1 aliphatic carbocycles. The summed E-state index contributed by atoms with van der Waals surface area (Å²) in [6.07, 6.45) is 10.1. The van der Waals surface area contributed by atoms with Gasteiger partial charge in [0, 0.05) is 0 Å². The molecule has 3 heteroatoms. The minimum Gasteiger partial charge on any atom is -0.369 e. The van der Waals surface area contributed by atoms with Gasteiger partial charge in [0.15, 0.2) is 0 Å². The van der Waals surface area contributed by atoms with Gasteiger partial charge in [0.2, 0.25) is 5.91 Å². The summed E-state index contributed by atoms with van der Waals surface area (Å²) in [6.45, 7) is 1.92. The highest BCUT2D eigenvalue weighted by Gasteiger charge is 2.41. The van der Waals surface area contributed by atoms with E-state index in [-0.39, 0.29) is 11.3 Å². The van der Waals surface area contributed by atoms with Gasteiger partial charge in [0.05, 0.1) is 5.41 Å². The van der Waals surface area contributed by atoms with Crippen molar-refractivity contribution in [1.82, 2.24) is 4.90 Å². The molecule has 1 fully saturated rings. The molecule has 2 N–H and O–H groups in total. The Kier molecular flexibility index (Phi) is 3.15. The highest BCUT2D eigenvalue weighted by molar-refractivity contribution is 5.84. The predicted molar refractivity (Wildman–Crippen MR) is 64.8 cm³/mol. The van der Waals surface area contributed by atoms with E-state index >= 15 is 0 Å². The SMILES string of the molecule is CN1CCC(C(N)=O)(C2=CC=CCC2)CC1. The third-order valence-electron chi connectivity index (χ3n) is 3.94. The molecular formula is C13H20N2O. The molecule has 0 aromatic rings. The minimum absolute atomic E-state index is 0.137. The van der Waals surface area contributed by atoms with E-state index in [9.17, 15) is 4.79 Å². The number of nitrogens with two attached hydrogens (primary N) is 1. The average Bonchev–Trinajstić information content (AvgIpc) is 2.31. The van der Waals surface area contributed by atoms with Gasteiger partial charge >= 0.3 is 0 Å². The lowest BCUT2D eigenvalue weighted by Crippen LogP contribution is -2.47. The number of hydrogen-bond donors (Lipinski definition) is 1. The number of primary amides is 1.